The lowest BCUT2D eigenvalue weighted by Crippen LogP contribution is -2.09. The first-order chi connectivity index (χ1) is 9.95. The molecule has 1 aromatic heterocycles. The molecule has 2 aromatic rings. The Morgan fingerprint density at radius 2 is 1.95 bits per heavy atom. The predicted molar refractivity (Wildman–Crippen MR) is 86.8 cm³/mol. The van der Waals surface area contributed by atoms with Crippen LogP contribution in [0.1, 0.15) is 19.4 Å². The molecule has 6 heteroatoms. The summed E-state index contributed by atoms with van der Waals surface area (Å²) < 4.78 is 0. The molecule has 0 aliphatic carbocycles. The first kappa shape index (κ1) is 15.3. The van der Waals surface area contributed by atoms with Crippen LogP contribution in [0.4, 0.5) is 10.5 Å². The Labute approximate surface area is 127 Å². The summed E-state index contributed by atoms with van der Waals surface area (Å²) in [6, 6.07) is 8.88. The van der Waals surface area contributed by atoms with Crippen molar-refractivity contribution in [2.45, 2.75) is 26.0 Å². The van der Waals surface area contributed by atoms with E-state index in [1.807, 2.05) is 45.0 Å². The molecule has 2 N–H and O–H groups in total. The predicted octanol–water partition coefficient (Wildman–Crippen LogP) is 3.42. The summed E-state index contributed by atoms with van der Waals surface area (Å²) in [5.41, 5.74) is 2.94. The second-order valence-electron chi connectivity index (χ2n) is 4.92. The molecule has 0 saturated heterocycles. The highest BCUT2D eigenvalue weighted by Gasteiger charge is 2.07. The third-order valence-corrected chi connectivity index (χ3v) is 3.53. The van der Waals surface area contributed by atoms with E-state index in [1.165, 1.54) is 17.8 Å². The van der Waals surface area contributed by atoms with Crippen LogP contribution in [-0.2, 0) is 0 Å². The number of H-pyrrole nitrogens is 1. The molecule has 1 amide bonds. The molecule has 2 rings (SSSR count). The molecule has 110 valence electrons. The fourth-order valence-electron chi connectivity index (χ4n) is 1.86. The number of carbonyl (C=O) groups excluding carboxylic acids is 1. The van der Waals surface area contributed by atoms with E-state index >= 15 is 0 Å². The number of hydrogen-bond donors (Lipinski definition) is 2. The number of amides is 1. The zero-order chi connectivity index (χ0) is 15.4. The van der Waals surface area contributed by atoms with Crippen LogP contribution in [0.15, 0.2) is 35.1 Å². The second-order valence-corrected chi connectivity index (χ2v) is 6.47. The molecule has 0 radical (unpaired) electrons. The van der Waals surface area contributed by atoms with Gasteiger partial charge in [0.1, 0.15) is 0 Å². The van der Waals surface area contributed by atoms with Crippen molar-refractivity contribution in [2.24, 2.45) is 0 Å². The number of nitrogens with one attached hydrogen (secondary N) is 2. The SMILES string of the molecule is Cc1cc(=O)[nH]nc1-c1ccc(NC(=O)SC(C)C)cc1. The van der Waals surface area contributed by atoms with Crippen LogP contribution >= 0.6 is 11.8 Å². The maximum atomic E-state index is 11.7. The van der Waals surface area contributed by atoms with Crippen LogP contribution in [0.25, 0.3) is 11.3 Å². The largest absolute Gasteiger partial charge is 0.317 e. The summed E-state index contributed by atoms with van der Waals surface area (Å²) in [7, 11) is 0. The number of thioether (sulfide) groups is 1. The summed E-state index contributed by atoms with van der Waals surface area (Å²) in [4.78, 5) is 22.8. The van der Waals surface area contributed by atoms with E-state index in [0.29, 0.717) is 0 Å². The summed E-state index contributed by atoms with van der Waals surface area (Å²) in [5, 5.41) is 9.47. The van der Waals surface area contributed by atoms with Crippen LogP contribution in [0, 0.1) is 6.92 Å². The fourth-order valence-corrected chi connectivity index (χ4v) is 2.47. The first-order valence-electron chi connectivity index (χ1n) is 6.60. The molecule has 0 atom stereocenters. The lowest BCUT2D eigenvalue weighted by atomic mass is 10.1. The van der Waals surface area contributed by atoms with E-state index in [2.05, 4.69) is 15.5 Å². The fraction of sp³-hybridized carbons (Fsp3) is 0.267. The van der Waals surface area contributed by atoms with E-state index in [-0.39, 0.29) is 16.0 Å². The summed E-state index contributed by atoms with van der Waals surface area (Å²) >= 11 is 1.25. The normalized spacial score (nSPS) is 10.7. The Bertz CT molecular complexity index is 693. The average molecular weight is 303 g/mol. The number of aryl methyl sites for hydroxylation is 1. The number of hydrogen-bond acceptors (Lipinski definition) is 4. The molecular weight excluding hydrogens is 286 g/mol. The quantitative estimate of drug-likeness (QED) is 0.911. The molecule has 0 bridgehead atoms. The van der Waals surface area contributed by atoms with Crippen LogP contribution in [0.5, 0.6) is 0 Å². The van der Waals surface area contributed by atoms with Crippen molar-refractivity contribution in [3.8, 4) is 11.3 Å². The van der Waals surface area contributed by atoms with Crippen molar-refractivity contribution in [3.63, 3.8) is 0 Å². The van der Waals surface area contributed by atoms with Gasteiger partial charge < -0.3 is 5.32 Å². The zero-order valence-electron chi connectivity index (χ0n) is 12.1. The Kier molecular flexibility index (Phi) is 4.80. The molecule has 0 spiro atoms. The van der Waals surface area contributed by atoms with Crippen molar-refractivity contribution in [2.75, 3.05) is 5.32 Å². The topological polar surface area (TPSA) is 74.8 Å². The smallest absolute Gasteiger partial charge is 0.283 e. The van der Waals surface area contributed by atoms with E-state index in [4.69, 9.17) is 0 Å². The minimum absolute atomic E-state index is 0.0731. The first-order valence-corrected chi connectivity index (χ1v) is 7.48. The van der Waals surface area contributed by atoms with Gasteiger partial charge in [-0.1, -0.05) is 37.7 Å². The summed E-state index contributed by atoms with van der Waals surface area (Å²) in [6.45, 7) is 5.78. The monoisotopic (exact) mass is 303 g/mol. The molecule has 0 unspecified atom stereocenters. The minimum atomic E-state index is -0.217. The number of benzene rings is 1. The van der Waals surface area contributed by atoms with Crippen molar-refractivity contribution >= 4 is 22.7 Å². The van der Waals surface area contributed by atoms with Gasteiger partial charge in [-0.2, -0.15) is 5.10 Å². The Morgan fingerprint density at radius 3 is 2.52 bits per heavy atom. The third-order valence-electron chi connectivity index (χ3n) is 2.75. The summed E-state index contributed by atoms with van der Waals surface area (Å²) in [5.74, 6) is 0. The van der Waals surface area contributed by atoms with Gasteiger partial charge in [-0.3, -0.25) is 9.59 Å². The number of anilines is 1. The van der Waals surface area contributed by atoms with E-state index < -0.39 is 0 Å². The lowest BCUT2D eigenvalue weighted by molar-refractivity contribution is 0.269. The molecular formula is C15H17N3O2S. The number of nitrogens with zero attached hydrogens (tertiary/aromatic N) is 1. The molecule has 5 nitrogen and oxygen atoms in total. The van der Waals surface area contributed by atoms with Gasteiger partial charge in [-0.15, -0.1) is 0 Å². The lowest BCUT2D eigenvalue weighted by Gasteiger charge is -2.08. The molecule has 0 aliphatic heterocycles. The van der Waals surface area contributed by atoms with Crippen LogP contribution in [0.2, 0.25) is 0 Å². The van der Waals surface area contributed by atoms with Crippen molar-refractivity contribution < 1.29 is 4.79 Å². The summed E-state index contributed by atoms with van der Waals surface area (Å²) in [6.07, 6.45) is 0. The minimum Gasteiger partial charge on any atom is -0.317 e. The van der Waals surface area contributed by atoms with E-state index in [9.17, 15) is 9.59 Å². The maximum absolute atomic E-state index is 11.7. The van der Waals surface area contributed by atoms with Gasteiger partial charge in [0.15, 0.2) is 0 Å². The van der Waals surface area contributed by atoms with Gasteiger partial charge >= 0.3 is 0 Å². The highest BCUT2D eigenvalue weighted by molar-refractivity contribution is 8.14. The van der Waals surface area contributed by atoms with Crippen LogP contribution in [-0.4, -0.2) is 20.7 Å². The van der Waals surface area contributed by atoms with Crippen molar-refractivity contribution in [3.05, 3.63) is 46.2 Å². The van der Waals surface area contributed by atoms with Crippen LogP contribution in [0.3, 0.4) is 0 Å². The number of aromatic amines is 1. The van der Waals surface area contributed by atoms with Gasteiger partial charge in [-0.05, 0) is 24.6 Å². The third kappa shape index (κ3) is 4.19. The maximum Gasteiger partial charge on any atom is 0.283 e. The van der Waals surface area contributed by atoms with Crippen molar-refractivity contribution in [1.29, 1.82) is 0 Å². The van der Waals surface area contributed by atoms with E-state index in [1.54, 1.807) is 0 Å². The van der Waals surface area contributed by atoms with Crippen LogP contribution < -0.4 is 10.9 Å². The molecule has 21 heavy (non-hydrogen) atoms. The zero-order valence-corrected chi connectivity index (χ0v) is 13.0. The van der Waals surface area contributed by atoms with Crippen molar-refractivity contribution in [1.82, 2.24) is 10.2 Å². The highest BCUT2D eigenvalue weighted by atomic mass is 32.2. The van der Waals surface area contributed by atoms with Gasteiger partial charge in [-0.25, -0.2) is 5.10 Å². The highest BCUT2D eigenvalue weighted by Crippen LogP contribution is 2.22. The van der Waals surface area contributed by atoms with Gasteiger partial charge in [0.05, 0.1) is 5.69 Å². The molecule has 1 heterocycles. The number of aromatic nitrogens is 2. The average Bonchev–Trinajstić information content (AvgIpc) is 2.39. The Hall–Kier alpha value is -2.08. The molecule has 0 fully saturated rings. The van der Waals surface area contributed by atoms with Gasteiger partial charge in [0.2, 0.25) is 0 Å². The van der Waals surface area contributed by atoms with Gasteiger partial charge in [0, 0.05) is 22.6 Å². The molecule has 0 aliphatic rings. The Morgan fingerprint density at radius 1 is 1.29 bits per heavy atom. The second kappa shape index (κ2) is 6.58. The standard InChI is InChI=1S/C15H17N3O2S/c1-9(2)21-15(20)16-12-6-4-11(5-7-12)14-10(3)8-13(19)17-18-14/h4-9H,1-3H3,(H,16,20)(H,17,19). The van der Waals surface area contributed by atoms with Gasteiger partial charge in [0.25, 0.3) is 10.8 Å². The van der Waals surface area contributed by atoms with E-state index in [0.717, 1.165) is 22.5 Å². The molecule has 0 saturated carbocycles. The Balaban J connectivity index is 2.15. The number of carbonyl (C=O) groups is 1. The molecule has 1 aromatic carbocycles. The number of rotatable bonds is 3.